The summed E-state index contributed by atoms with van der Waals surface area (Å²) in [4.78, 5) is 15.3. The van der Waals surface area contributed by atoms with Crippen LogP contribution in [-0.4, -0.2) is 27.9 Å². The minimum absolute atomic E-state index is 0.00793. The normalized spacial score (nSPS) is 12.1. The summed E-state index contributed by atoms with van der Waals surface area (Å²) in [6, 6.07) is 2.95. The molecule has 0 atom stereocenters. The van der Waals surface area contributed by atoms with Gasteiger partial charge in [0, 0.05) is 6.07 Å². The van der Waals surface area contributed by atoms with Crippen LogP contribution in [0.15, 0.2) is 21.1 Å². The highest BCUT2D eigenvalue weighted by atomic mass is 79.9. The van der Waals surface area contributed by atoms with E-state index >= 15 is 0 Å². The molecule has 3 rings (SSSR count). The van der Waals surface area contributed by atoms with Crippen molar-refractivity contribution in [3.05, 3.63) is 26.9 Å². The van der Waals surface area contributed by atoms with Crippen LogP contribution >= 0.6 is 38.6 Å². The smallest absolute Gasteiger partial charge is 0.258 e. The van der Waals surface area contributed by atoms with Gasteiger partial charge in [-0.25, -0.2) is 18.5 Å². The van der Waals surface area contributed by atoms with E-state index < -0.39 is 14.9 Å². The first-order valence-electron chi connectivity index (χ1n) is 5.10. The summed E-state index contributed by atoms with van der Waals surface area (Å²) < 4.78 is 23.9. The lowest BCUT2D eigenvalue weighted by atomic mass is 10.4. The quantitative estimate of drug-likeness (QED) is 0.517. The number of nitrogens with two attached hydrogens (primary N) is 1. The van der Waals surface area contributed by atoms with Crippen molar-refractivity contribution in [2.24, 2.45) is 5.14 Å². The van der Waals surface area contributed by atoms with Crippen molar-refractivity contribution in [1.29, 1.82) is 0 Å². The maximum absolute atomic E-state index is 11.2. The van der Waals surface area contributed by atoms with Crippen LogP contribution in [0.25, 0.3) is 15.5 Å². The predicted molar refractivity (Wildman–Crippen MR) is 79.9 cm³/mol. The van der Waals surface area contributed by atoms with Crippen LogP contribution in [0.2, 0.25) is 0 Å². The molecule has 3 aromatic heterocycles. The van der Waals surface area contributed by atoms with Gasteiger partial charge >= 0.3 is 5.00 Å². The number of nitrogens with zero attached hydrogens (tertiary/aromatic N) is 4. The summed E-state index contributed by atoms with van der Waals surface area (Å²) in [6.45, 7) is 0. The number of primary sulfonamides is 1. The molecule has 2 N–H and O–H groups in total. The molecule has 110 valence electrons. The summed E-state index contributed by atoms with van der Waals surface area (Å²) in [6.07, 6.45) is 0. The molecule has 3 aromatic rings. The van der Waals surface area contributed by atoms with E-state index in [1.165, 1.54) is 10.6 Å². The second-order valence-electron chi connectivity index (χ2n) is 3.75. The highest BCUT2D eigenvalue weighted by Crippen LogP contribution is 2.37. The average molecular weight is 410 g/mol. The van der Waals surface area contributed by atoms with Crippen molar-refractivity contribution in [1.82, 2.24) is 14.6 Å². The largest absolute Gasteiger partial charge is 0.324 e. The van der Waals surface area contributed by atoms with Gasteiger partial charge in [0.2, 0.25) is 9.30 Å². The van der Waals surface area contributed by atoms with E-state index in [2.05, 4.69) is 26.0 Å². The van der Waals surface area contributed by atoms with Crippen molar-refractivity contribution >= 4 is 58.6 Å². The maximum atomic E-state index is 11.2. The molecule has 13 heteroatoms. The van der Waals surface area contributed by atoms with Crippen molar-refractivity contribution in [2.75, 3.05) is 0 Å². The Bertz CT molecular complexity index is 972. The molecule has 0 spiro atoms. The number of imidazole rings is 1. The second kappa shape index (κ2) is 4.81. The van der Waals surface area contributed by atoms with Crippen LogP contribution in [0, 0.1) is 10.1 Å². The Balaban J connectivity index is 2.14. The Labute approximate surface area is 133 Å². The third-order valence-electron chi connectivity index (χ3n) is 2.38. The van der Waals surface area contributed by atoms with Crippen LogP contribution < -0.4 is 5.14 Å². The van der Waals surface area contributed by atoms with E-state index in [1.54, 1.807) is 6.07 Å². The maximum Gasteiger partial charge on any atom is 0.324 e. The molecule has 0 amide bonds. The van der Waals surface area contributed by atoms with Gasteiger partial charge in [0.05, 0.1) is 9.80 Å². The number of nitro groups is 1. The molecule has 0 saturated carbocycles. The Hall–Kier alpha value is -1.41. The van der Waals surface area contributed by atoms with Crippen LogP contribution in [0.4, 0.5) is 5.00 Å². The van der Waals surface area contributed by atoms with Crippen molar-refractivity contribution in [2.45, 2.75) is 4.34 Å². The number of sulfonamides is 1. The highest BCUT2D eigenvalue weighted by molar-refractivity contribution is 9.10. The van der Waals surface area contributed by atoms with Gasteiger partial charge < -0.3 is 0 Å². The third-order valence-corrected chi connectivity index (χ3v) is 6.35. The second-order valence-corrected chi connectivity index (χ2v) is 8.26. The van der Waals surface area contributed by atoms with Crippen LogP contribution in [0.1, 0.15) is 0 Å². The first kappa shape index (κ1) is 14.5. The van der Waals surface area contributed by atoms with Crippen LogP contribution in [-0.2, 0) is 10.0 Å². The van der Waals surface area contributed by atoms with E-state index in [4.69, 9.17) is 5.14 Å². The average Bonchev–Trinajstić information content (AvgIpc) is 3.04. The molecule has 0 aromatic carbocycles. The minimum atomic E-state index is -3.90. The minimum Gasteiger partial charge on any atom is -0.258 e. The molecule has 0 fully saturated rings. The zero-order valence-electron chi connectivity index (χ0n) is 9.76. The van der Waals surface area contributed by atoms with Crippen molar-refractivity contribution < 1.29 is 13.3 Å². The lowest BCUT2D eigenvalue weighted by Crippen LogP contribution is -2.12. The molecular weight excluding hydrogens is 406 g/mol. The lowest BCUT2D eigenvalue weighted by molar-refractivity contribution is -0.380. The highest BCUT2D eigenvalue weighted by Gasteiger charge is 2.22. The number of fused-ring (bicyclic) bond motifs is 1. The topological polar surface area (TPSA) is 133 Å². The summed E-state index contributed by atoms with van der Waals surface area (Å²) in [5.74, 6) is 0. The molecule has 0 radical (unpaired) electrons. The number of halogens is 1. The SMILES string of the molecule is NS(=O)(=O)c1nn2c(Br)c(-c3ccc([N+](=O)[O-])s3)nc2s1. The molecule has 0 saturated heterocycles. The molecule has 0 bridgehead atoms. The third kappa shape index (κ3) is 2.46. The van der Waals surface area contributed by atoms with Gasteiger partial charge in [0.15, 0.2) is 0 Å². The molecule has 0 aliphatic rings. The Morgan fingerprint density at radius 1 is 1.38 bits per heavy atom. The number of rotatable bonds is 3. The summed E-state index contributed by atoms with van der Waals surface area (Å²) in [7, 11) is -3.90. The molecule has 9 nitrogen and oxygen atoms in total. The molecule has 0 aliphatic carbocycles. The van der Waals surface area contributed by atoms with Gasteiger partial charge in [-0.3, -0.25) is 10.1 Å². The van der Waals surface area contributed by atoms with Crippen molar-refractivity contribution in [3.63, 3.8) is 0 Å². The fourth-order valence-electron chi connectivity index (χ4n) is 1.53. The first-order chi connectivity index (χ1) is 9.77. The monoisotopic (exact) mass is 409 g/mol. The van der Waals surface area contributed by atoms with Gasteiger partial charge in [-0.15, -0.1) is 5.10 Å². The standard InChI is InChI=1S/C8H4BrN5O4S3/c9-6-5(3-1-2-4(19-3)14(15)16)11-7-13(6)12-8(20-7)21(10,17)18/h1-2H,(H2,10,17,18). The fraction of sp³-hybridized carbons (Fsp3) is 0. The summed E-state index contributed by atoms with van der Waals surface area (Å²) in [5.41, 5.74) is 0.452. The number of hydrogen-bond acceptors (Lipinski definition) is 8. The van der Waals surface area contributed by atoms with Gasteiger partial charge in [-0.2, -0.15) is 4.52 Å². The summed E-state index contributed by atoms with van der Waals surface area (Å²) in [5, 5.41) is 19.5. The summed E-state index contributed by atoms with van der Waals surface area (Å²) >= 11 is 5.04. The Kier molecular flexibility index (Phi) is 3.32. The van der Waals surface area contributed by atoms with Gasteiger partial charge in [-0.05, 0) is 22.0 Å². The Morgan fingerprint density at radius 2 is 2.10 bits per heavy atom. The zero-order chi connectivity index (χ0) is 15.4. The molecule has 3 heterocycles. The predicted octanol–water partition coefficient (Wildman–Crippen LogP) is 1.84. The van der Waals surface area contributed by atoms with E-state index in [9.17, 15) is 18.5 Å². The Morgan fingerprint density at radius 3 is 2.62 bits per heavy atom. The van der Waals surface area contributed by atoms with Crippen LogP contribution in [0.5, 0.6) is 0 Å². The van der Waals surface area contributed by atoms with E-state index in [1.807, 2.05) is 0 Å². The number of thiophene rings is 1. The molecule has 0 aliphatic heterocycles. The molecular formula is C8H4BrN5O4S3. The van der Waals surface area contributed by atoms with Crippen LogP contribution in [0.3, 0.4) is 0 Å². The zero-order valence-corrected chi connectivity index (χ0v) is 13.8. The fourth-order valence-corrected chi connectivity index (χ4v) is 4.66. The first-order valence-corrected chi connectivity index (χ1v) is 9.07. The van der Waals surface area contributed by atoms with Crippen molar-refractivity contribution in [3.8, 4) is 10.6 Å². The van der Waals surface area contributed by atoms with E-state index in [0.29, 0.717) is 20.1 Å². The molecule has 21 heavy (non-hydrogen) atoms. The van der Waals surface area contributed by atoms with E-state index in [-0.39, 0.29) is 9.34 Å². The van der Waals surface area contributed by atoms with Gasteiger partial charge in [0.1, 0.15) is 10.3 Å². The van der Waals surface area contributed by atoms with E-state index in [0.717, 1.165) is 22.7 Å². The number of aromatic nitrogens is 3. The lowest BCUT2D eigenvalue weighted by Gasteiger charge is -1.92. The van der Waals surface area contributed by atoms with Gasteiger partial charge in [-0.1, -0.05) is 22.7 Å². The molecule has 0 unspecified atom stereocenters. The number of hydrogen-bond donors (Lipinski definition) is 1. The van der Waals surface area contributed by atoms with Gasteiger partial charge in [0.25, 0.3) is 10.0 Å².